The molecular formula is C14H19ClN4O2S. The molecule has 3 heterocycles. The third kappa shape index (κ3) is 4.53. The van der Waals surface area contributed by atoms with Crippen molar-refractivity contribution in [2.75, 3.05) is 13.1 Å². The van der Waals surface area contributed by atoms with Crippen LogP contribution in [0.2, 0.25) is 0 Å². The van der Waals surface area contributed by atoms with E-state index in [9.17, 15) is 4.79 Å². The number of aryl methyl sites for hydroxylation is 1. The first-order chi connectivity index (χ1) is 10.3. The average molecular weight is 343 g/mol. The SMILES string of the molecule is Cl.O=C(CCc1nc(-c2cccs2)no1)NCC1CCCN1. The molecule has 6 nitrogen and oxygen atoms in total. The Hall–Kier alpha value is -1.44. The number of hydrogen-bond acceptors (Lipinski definition) is 6. The number of thiophene rings is 1. The molecule has 0 spiro atoms. The van der Waals surface area contributed by atoms with E-state index >= 15 is 0 Å². The van der Waals surface area contributed by atoms with Gasteiger partial charge in [0.2, 0.25) is 17.6 Å². The van der Waals surface area contributed by atoms with Gasteiger partial charge in [-0.3, -0.25) is 4.79 Å². The summed E-state index contributed by atoms with van der Waals surface area (Å²) in [5.74, 6) is 1.13. The molecular weight excluding hydrogens is 324 g/mol. The van der Waals surface area contributed by atoms with Gasteiger partial charge in [0.05, 0.1) is 4.88 Å². The molecule has 0 saturated carbocycles. The summed E-state index contributed by atoms with van der Waals surface area (Å²) in [6.45, 7) is 1.75. The van der Waals surface area contributed by atoms with Gasteiger partial charge in [-0.25, -0.2) is 0 Å². The van der Waals surface area contributed by atoms with E-state index in [-0.39, 0.29) is 18.3 Å². The van der Waals surface area contributed by atoms with E-state index < -0.39 is 0 Å². The van der Waals surface area contributed by atoms with Crippen molar-refractivity contribution < 1.29 is 9.32 Å². The Bertz CT molecular complexity index is 581. The summed E-state index contributed by atoms with van der Waals surface area (Å²) in [5, 5.41) is 12.2. The summed E-state index contributed by atoms with van der Waals surface area (Å²) in [4.78, 5) is 17.1. The lowest BCUT2D eigenvalue weighted by Gasteiger charge is -2.10. The highest BCUT2D eigenvalue weighted by Crippen LogP contribution is 2.21. The maximum absolute atomic E-state index is 11.8. The number of carbonyl (C=O) groups excluding carboxylic acids is 1. The second-order valence-corrected chi connectivity index (χ2v) is 6.03. The highest BCUT2D eigenvalue weighted by molar-refractivity contribution is 7.13. The fraction of sp³-hybridized carbons (Fsp3) is 0.500. The maximum Gasteiger partial charge on any atom is 0.227 e. The Kier molecular flexibility index (Phi) is 6.35. The fourth-order valence-corrected chi connectivity index (χ4v) is 2.99. The van der Waals surface area contributed by atoms with Crippen molar-refractivity contribution >= 4 is 29.7 Å². The van der Waals surface area contributed by atoms with Crippen molar-refractivity contribution in [1.82, 2.24) is 20.8 Å². The Labute approximate surface area is 139 Å². The van der Waals surface area contributed by atoms with Crippen molar-refractivity contribution in [2.24, 2.45) is 0 Å². The van der Waals surface area contributed by atoms with Crippen molar-refractivity contribution in [3.05, 3.63) is 23.4 Å². The first-order valence-electron chi connectivity index (χ1n) is 7.18. The minimum atomic E-state index is 0. The van der Waals surface area contributed by atoms with E-state index in [2.05, 4.69) is 20.8 Å². The van der Waals surface area contributed by atoms with Gasteiger partial charge in [-0.05, 0) is 30.8 Å². The summed E-state index contributed by atoms with van der Waals surface area (Å²) >= 11 is 1.56. The van der Waals surface area contributed by atoms with Crippen LogP contribution in [0.4, 0.5) is 0 Å². The minimum Gasteiger partial charge on any atom is -0.355 e. The summed E-state index contributed by atoms with van der Waals surface area (Å²) in [6, 6.07) is 4.31. The van der Waals surface area contributed by atoms with Crippen molar-refractivity contribution in [3.63, 3.8) is 0 Å². The van der Waals surface area contributed by atoms with E-state index in [1.807, 2.05) is 17.5 Å². The molecule has 1 atom stereocenters. The smallest absolute Gasteiger partial charge is 0.227 e. The maximum atomic E-state index is 11.8. The largest absolute Gasteiger partial charge is 0.355 e. The standard InChI is InChI=1S/C14H18N4O2S.ClH/c19-12(16-9-10-3-1-7-15-10)5-6-13-17-14(18-20-13)11-4-2-8-21-11;/h2,4,8,10,15H,1,3,5-7,9H2,(H,16,19);1H. The second-order valence-electron chi connectivity index (χ2n) is 5.09. The predicted molar refractivity (Wildman–Crippen MR) is 87.2 cm³/mol. The molecule has 1 saturated heterocycles. The van der Waals surface area contributed by atoms with E-state index in [1.165, 1.54) is 6.42 Å². The van der Waals surface area contributed by atoms with Crippen LogP contribution in [0.5, 0.6) is 0 Å². The van der Waals surface area contributed by atoms with Gasteiger partial charge in [-0.15, -0.1) is 23.7 Å². The summed E-state index contributed by atoms with van der Waals surface area (Å²) in [7, 11) is 0. The lowest BCUT2D eigenvalue weighted by Crippen LogP contribution is -2.37. The molecule has 2 aromatic heterocycles. The lowest BCUT2D eigenvalue weighted by atomic mass is 10.2. The second kappa shape index (κ2) is 8.26. The zero-order valence-electron chi connectivity index (χ0n) is 12.1. The minimum absolute atomic E-state index is 0. The monoisotopic (exact) mass is 342 g/mol. The van der Waals surface area contributed by atoms with Crippen LogP contribution < -0.4 is 10.6 Å². The molecule has 0 aromatic carbocycles. The molecule has 2 aromatic rings. The number of halogens is 1. The zero-order chi connectivity index (χ0) is 14.5. The van der Waals surface area contributed by atoms with E-state index in [0.717, 1.165) is 17.8 Å². The van der Waals surface area contributed by atoms with Crippen LogP contribution in [-0.2, 0) is 11.2 Å². The average Bonchev–Trinajstić information content (AvgIpc) is 3.24. The highest BCUT2D eigenvalue weighted by Gasteiger charge is 2.15. The van der Waals surface area contributed by atoms with Gasteiger partial charge in [0, 0.05) is 25.4 Å². The van der Waals surface area contributed by atoms with Crippen molar-refractivity contribution in [1.29, 1.82) is 0 Å². The lowest BCUT2D eigenvalue weighted by molar-refractivity contribution is -0.121. The van der Waals surface area contributed by atoms with Crippen LogP contribution in [0.15, 0.2) is 22.0 Å². The first-order valence-corrected chi connectivity index (χ1v) is 8.06. The van der Waals surface area contributed by atoms with Crippen LogP contribution in [0.1, 0.15) is 25.2 Å². The molecule has 0 radical (unpaired) electrons. The number of amides is 1. The molecule has 1 amide bonds. The van der Waals surface area contributed by atoms with Gasteiger partial charge in [-0.1, -0.05) is 11.2 Å². The van der Waals surface area contributed by atoms with E-state index in [4.69, 9.17) is 4.52 Å². The Morgan fingerprint density at radius 1 is 1.55 bits per heavy atom. The summed E-state index contributed by atoms with van der Waals surface area (Å²) < 4.78 is 5.17. The van der Waals surface area contributed by atoms with Gasteiger partial charge in [0.15, 0.2) is 0 Å². The molecule has 0 bridgehead atoms. The summed E-state index contributed by atoms with van der Waals surface area (Å²) in [5.41, 5.74) is 0. The number of hydrogen-bond donors (Lipinski definition) is 2. The van der Waals surface area contributed by atoms with E-state index in [0.29, 0.717) is 37.1 Å². The van der Waals surface area contributed by atoms with Gasteiger partial charge in [0.25, 0.3) is 0 Å². The fourth-order valence-electron chi connectivity index (χ4n) is 2.34. The molecule has 8 heteroatoms. The third-order valence-electron chi connectivity index (χ3n) is 3.48. The van der Waals surface area contributed by atoms with Gasteiger partial charge in [0.1, 0.15) is 0 Å². The summed E-state index contributed by atoms with van der Waals surface area (Å²) in [6.07, 6.45) is 3.17. The van der Waals surface area contributed by atoms with Crippen LogP contribution in [-0.4, -0.2) is 35.2 Å². The quantitative estimate of drug-likeness (QED) is 0.839. The molecule has 1 unspecified atom stereocenters. The topological polar surface area (TPSA) is 80.0 Å². The number of rotatable bonds is 6. The number of carbonyl (C=O) groups is 1. The van der Waals surface area contributed by atoms with E-state index in [1.54, 1.807) is 11.3 Å². The molecule has 1 fully saturated rings. The number of nitrogens with one attached hydrogen (secondary N) is 2. The van der Waals surface area contributed by atoms with Gasteiger partial charge in [-0.2, -0.15) is 4.98 Å². The molecule has 1 aliphatic heterocycles. The molecule has 3 rings (SSSR count). The van der Waals surface area contributed by atoms with Crippen LogP contribution >= 0.6 is 23.7 Å². The Morgan fingerprint density at radius 2 is 2.45 bits per heavy atom. The normalized spacial score (nSPS) is 17.2. The third-order valence-corrected chi connectivity index (χ3v) is 4.35. The highest BCUT2D eigenvalue weighted by atomic mass is 35.5. The number of aromatic nitrogens is 2. The van der Waals surface area contributed by atoms with Crippen LogP contribution in [0.3, 0.4) is 0 Å². The predicted octanol–water partition coefficient (Wildman–Crippen LogP) is 2.02. The Balaban J connectivity index is 0.00000176. The molecule has 22 heavy (non-hydrogen) atoms. The first kappa shape index (κ1) is 16.9. The molecule has 120 valence electrons. The molecule has 0 aliphatic carbocycles. The molecule has 2 N–H and O–H groups in total. The van der Waals surface area contributed by atoms with Crippen LogP contribution in [0, 0.1) is 0 Å². The van der Waals surface area contributed by atoms with Crippen LogP contribution in [0.25, 0.3) is 10.7 Å². The van der Waals surface area contributed by atoms with Crippen molar-refractivity contribution in [2.45, 2.75) is 31.7 Å². The Morgan fingerprint density at radius 3 is 3.18 bits per heavy atom. The van der Waals surface area contributed by atoms with Gasteiger partial charge < -0.3 is 15.2 Å². The molecule has 1 aliphatic rings. The number of nitrogens with zero attached hydrogens (tertiary/aromatic N) is 2. The zero-order valence-corrected chi connectivity index (χ0v) is 13.7. The van der Waals surface area contributed by atoms with Crippen molar-refractivity contribution in [3.8, 4) is 10.7 Å². The van der Waals surface area contributed by atoms with Gasteiger partial charge >= 0.3 is 0 Å².